The molecule has 7 nitrogen and oxygen atoms in total. The predicted molar refractivity (Wildman–Crippen MR) is 89.3 cm³/mol. The van der Waals surface area contributed by atoms with Crippen LogP contribution in [0.3, 0.4) is 0 Å². The number of imidazole rings is 1. The van der Waals surface area contributed by atoms with Crippen molar-refractivity contribution in [2.45, 2.75) is 26.3 Å². The minimum absolute atomic E-state index is 0.630. The Morgan fingerprint density at radius 1 is 1.04 bits per heavy atom. The van der Waals surface area contributed by atoms with Crippen molar-refractivity contribution in [2.24, 2.45) is 0 Å². The van der Waals surface area contributed by atoms with Gasteiger partial charge >= 0.3 is 0 Å². The number of hydrogen-bond donors (Lipinski definition) is 0. The van der Waals surface area contributed by atoms with Crippen molar-refractivity contribution < 1.29 is 0 Å². The Labute approximate surface area is 139 Å². The number of aromatic nitrogens is 7. The molecule has 0 fully saturated rings. The molecule has 0 spiro atoms. The highest BCUT2D eigenvalue weighted by atomic mass is 15.2. The number of fused-ring (bicyclic) bond motifs is 1. The van der Waals surface area contributed by atoms with Crippen LogP contribution in [0.2, 0.25) is 0 Å². The molecule has 7 heteroatoms. The van der Waals surface area contributed by atoms with Gasteiger partial charge in [-0.15, -0.1) is 10.2 Å². The fraction of sp³-hybridized carbons (Fsp3) is 0.235. The molecule has 0 unspecified atom stereocenters. The Morgan fingerprint density at radius 3 is 2.83 bits per heavy atom. The summed E-state index contributed by atoms with van der Waals surface area (Å²) >= 11 is 0. The molecular weight excluding hydrogens is 302 g/mol. The molecule has 0 bridgehead atoms. The standard InChI is InChI=1S/C17H17N7/c1-2-5-13-15(20-11-24-12-21-22-16(13)24)10-23-9-8-19-17(23)14-6-3-4-7-18-14/h3-4,6-9,11-12H,2,5,10H2,1H3. The molecule has 4 aromatic heterocycles. The SMILES string of the molecule is CCCc1c(Cn2ccnc2-c2ccccn2)ncn2cnnc12. The fourth-order valence-corrected chi connectivity index (χ4v) is 2.85. The van der Waals surface area contributed by atoms with Crippen LogP contribution in [0.1, 0.15) is 24.6 Å². The minimum atomic E-state index is 0.630. The number of rotatable bonds is 5. The molecule has 0 amide bonds. The molecule has 4 heterocycles. The van der Waals surface area contributed by atoms with Gasteiger partial charge in [-0.1, -0.05) is 19.4 Å². The number of aryl methyl sites for hydroxylation is 1. The first kappa shape index (κ1) is 14.5. The monoisotopic (exact) mass is 319 g/mol. The number of pyridine rings is 1. The molecule has 0 aliphatic heterocycles. The van der Waals surface area contributed by atoms with E-state index in [-0.39, 0.29) is 0 Å². The minimum Gasteiger partial charge on any atom is -0.324 e. The Hall–Kier alpha value is -3.09. The molecule has 0 saturated carbocycles. The van der Waals surface area contributed by atoms with E-state index in [1.165, 1.54) is 0 Å². The van der Waals surface area contributed by atoms with E-state index in [2.05, 4.69) is 36.6 Å². The number of hydrogen-bond acceptors (Lipinski definition) is 5. The van der Waals surface area contributed by atoms with Gasteiger partial charge < -0.3 is 4.57 Å². The van der Waals surface area contributed by atoms with Gasteiger partial charge in [-0.25, -0.2) is 9.97 Å². The highest BCUT2D eigenvalue weighted by molar-refractivity contribution is 5.51. The van der Waals surface area contributed by atoms with Crippen LogP contribution in [-0.2, 0) is 13.0 Å². The van der Waals surface area contributed by atoms with Gasteiger partial charge in [0.05, 0.1) is 12.2 Å². The largest absolute Gasteiger partial charge is 0.324 e. The summed E-state index contributed by atoms with van der Waals surface area (Å²) in [5.74, 6) is 0.834. The van der Waals surface area contributed by atoms with Gasteiger partial charge in [0.15, 0.2) is 11.5 Å². The van der Waals surface area contributed by atoms with Gasteiger partial charge in [-0.05, 0) is 18.6 Å². The molecular formula is C17H17N7. The Balaban J connectivity index is 1.75. The second kappa shape index (κ2) is 6.19. The van der Waals surface area contributed by atoms with Gasteiger partial charge in [0, 0.05) is 24.2 Å². The maximum atomic E-state index is 4.62. The number of nitrogens with zero attached hydrogens (tertiary/aromatic N) is 7. The summed E-state index contributed by atoms with van der Waals surface area (Å²) in [7, 11) is 0. The Bertz CT molecular complexity index is 955. The molecule has 0 aromatic carbocycles. The van der Waals surface area contributed by atoms with E-state index >= 15 is 0 Å². The van der Waals surface area contributed by atoms with Crippen molar-refractivity contribution >= 4 is 5.65 Å². The van der Waals surface area contributed by atoms with Crippen LogP contribution in [0.4, 0.5) is 0 Å². The van der Waals surface area contributed by atoms with Crippen LogP contribution in [0.5, 0.6) is 0 Å². The van der Waals surface area contributed by atoms with E-state index in [0.29, 0.717) is 6.54 Å². The summed E-state index contributed by atoms with van der Waals surface area (Å²) in [6, 6.07) is 5.82. The fourth-order valence-electron chi connectivity index (χ4n) is 2.85. The van der Waals surface area contributed by atoms with Crippen molar-refractivity contribution in [2.75, 3.05) is 0 Å². The van der Waals surface area contributed by atoms with E-state index < -0.39 is 0 Å². The van der Waals surface area contributed by atoms with Crippen LogP contribution in [0.25, 0.3) is 17.2 Å². The van der Waals surface area contributed by atoms with Crippen LogP contribution in [0.15, 0.2) is 49.4 Å². The van der Waals surface area contributed by atoms with Crippen molar-refractivity contribution in [3.63, 3.8) is 0 Å². The lowest BCUT2D eigenvalue weighted by atomic mass is 10.1. The average Bonchev–Trinajstić information content (AvgIpc) is 3.27. The van der Waals surface area contributed by atoms with Gasteiger partial charge in [-0.3, -0.25) is 9.38 Å². The van der Waals surface area contributed by atoms with Crippen molar-refractivity contribution in [3.05, 3.63) is 60.7 Å². The van der Waals surface area contributed by atoms with Crippen molar-refractivity contribution in [1.29, 1.82) is 0 Å². The molecule has 0 radical (unpaired) electrons. The average molecular weight is 319 g/mol. The van der Waals surface area contributed by atoms with Crippen LogP contribution in [0, 0.1) is 0 Å². The van der Waals surface area contributed by atoms with E-state index in [1.54, 1.807) is 25.0 Å². The third-order valence-corrected chi connectivity index (χ3v) is 3.96. The summed E-state index contributed by atoms with van der Waals surface area (Å²) in [5.41, 5.74) is 3.86. The highest BCUT2D eigenvalue weighted by Gasteiger charge is 2.14. The molecule has 4 aromatic rings. The molecule has 120 valence electrons. The van der Waals surface area contributed by atoms with E-state index in [0.717, 1.165) is 41.3 Å². The zero-order valence-electron chi connectivity index (χ0n) is 13.4. The lowest BCUT2D eigenvalue weighted by Crippen LogP contribution is -2.09. The van der Waals surface area contributed by atoms with Gasteiger partial charge in [0.25, 0.3) is 0 Å². The second-order valence-corrected chi connectivity index (χ2v) is 5.58. The molecule has 4 rings (SSSR count). The quantitative estimate of drug-likeness (QED) is 0.564. The van der Waals surface area contributed by atoms with Gasteiger partial charge in [-0.2, -0.15) is 0 Å². The van der Waals surface area contributed by atoms with Crippen molar-refractivity contribution in [3.8, 4) is 11.5 Å². The zero-order chi connectivity index (χ0) is 16.4. The van der Waals surface area contributed by atoms with Crippen molar-refractivity contribution in [1.82, 2.24) is 34.1 Å². The third-order valence-electron chi connectivity index (χ3n) is 3.96. The molecule has 0 N–H and O–H groups in total. The highest BCUT2D eigenvalue weighted by Crippen LogP contribution is 2.19. The topological polar surface area (TPSA) is 73.8 Å². The smallest absolute Gasteiger partial charge is 0.166 e. The molecule has 0 atom stereocenters. The summed E-state index contributed by atoms with van der Waals surface area (Å²) in [6.07, 6.45) is 10.9. The zero-order valence-corrected chi connectivity index (χ0v) is 13.4. The summed E-state index contributed by atoms with van der Waals surface area (Å²) in [5, 5.41) is 8.23. The Morgan fingerprint density at radius 2 is 2.00 bits per heavy atom. The first-order valence-electron chi connectivity index (χ1n) is 7.95. The molecule has 24 heavy (non-hydrogen) atoms. The first-order chi connectivity index (χ1) is 11.9. The molecule has 0 aliphatic rings. The Kier molecular flexibility index (Phi) is 3.74. The van der Waals surface area contributed by atoms with Gasteiger partial charge in [0.1, 0.15) is 18.3 Å². The van der Waals surface area contributed by atoms with Crippen LogP contribution >= 0.6 is 0 Å². The maximum absolute atomic E-state index is 4.62. The lowest BCUT2D eigenvalue weighted by molar-refractivity contribution is 0.750. The third kappa shape index (κ3) is 2.54. The first-order valence-corrected chi connectivity index (χ1v) is 7.95. The second-order valence-electron chi connectivity index (χ2n) is 5.58. The van der Waals surface area contributed by atoms with Gasteiger partial charge in [0.2, 0.25) is 0 Å². The normalized spacial score (nSPS) is 11.2. The van der Waals surface area contributed by atoms with E-state index in [9.17, 15) is 0 Å². The lowest BCUT2D eigenvalue weighted by Gasteiger charge is -2.11. The van der Waals surface area contributed by atoms with E-state index in [1.807, 2.05) is 28.8 Å². The molecule has 0 aliphatic carbocycles. The summed E-state index contributed by atoms with van der Waals surface area (Å²) in [4.78, 5) is 13.5. The van der Waals surface area contributed by atoms with E-state index in [4.69, 9.17) is 0 Å². The van der Waals surface area contributed by atoms with Crippen LogP contribution in [-0.4, -0.2) is 34.1 Å². The maximum Gasteiger partial charge on any atom is 0.166 e. The predicted octanol–water partition coefficient (Wildman–Crippen LogP) is 2.38. The summed E-state index contributed by atoms with van der Waals surface area (Å²) in [6.45, 7) is 2.78. The van der Waals surface area contributed by atoms with Crippen LogP contribution < -0.4 is 0 Å². The summed E-state index contributed by atoms with van der Waals surface area (Å²) < 4.78 is 3.93. The molecule has 0 saturated heterocycles.